The third kappa shape index (κ3) is 1.89. The summed E-state index contributed by atoms with van der Waals surface area (Å²) in [5.41, 5.74) is 0. The zero-order valence-corrected chi connectivity index (χ0v) is 3.65. The molecule has 0 rings (SSSR count). The van der Waals surface area contributed by atoms with Crippen molar-refractivity contribution >= 4 is 16.4 Å². The summed E-state index contributed by atoms with van der Waals surface area (Å²) in [5, 5.41) is 0. The second-order valence-electron chi connectivity index (χ2n) is 0.382. The highest BCUT2D eigenvalue weighted by atomic mass is 28.2. The molecule has 2 heteroatoms. The van der Waals surface area contributed by atoms with E-state index in [2.05, 4.69) is 11.4 Å². The molecule has 0 spiro atoms. The summed E-state index contributed by atoms with van der Waals surface area (Å²) in [6.45, 7) is 5.22. The lowest BCUT2D eigenvalue weighted by atomic mass is 11.8. The molecule has 0 aromatic rings. The van der Waals surface area contributed by atoms with Gasteiger partial charge in [-0.15, -0.1) is 0 Å². The highest BCUT2D eigenvalue weighted by molar-refractivity contribution is 6.32. The summed E-state index contributed by atoms with van der Waals surface area (Å²) >= 11 is 0. The second-order valence-corrected chi connectivity index (χ2v) is 1.15. The van der Waals surface area contributed by atoms with Crippen LogP contribution < -0.4 is 0 Å². The molecule has 0 saturated carbocycles. The van der Waals surface area contributed by atoms with E-state index in [-0.39, 0.29) is 0 Å². The maximum Gasteiger partial charge on any atom is 0.205 e. The van der Waals surface area contributed by atoms with Crippen molar-refractivity contribution in [1.29, 1.82) is 0 Å². The molecule has 2 radical (unpaired) electrons. The predicted octanol–water partition coefficient (Wildman–Crippen LogP) is 0.354. The molecular weight excluding hydrogens is 66.1 g/mol. The fourth-order valence-corrected chi connectivity index (χ4v) is 0. The van der Waals surface area contributed by atoms with E-state index in [0.717, 1.165) is 0 Å². The van der Waals surface area contributed by atoms with Gasteiger partial charge in [-0.2, -0.15) is 0 Å². The van der Waals surface area contributed by atoms with Crippen LogP contribution in [0, 0.1) is 0 Å². The molecule has 0 N–H and O–H groups in total. The van der Waals surface area contributed by atoms with Gasteiger partial charge < -0.3 is 4.66 Å². The minimum atomic E-state index is 0.654. The van der Waals surface area contributed by atoms with Gasteiger partial charge in [-0.25, -0.2) is 0 Å². The largest absolute Gasteiger partial charge is 0.339 e. The SMILES string of the molecule is C=N[Si]C. The second kappa shape index (κ2) is 2.89. The third-order valence-corrected chi connectivity index (χ3v) is 0.474. The van der Waals surface area contributed by atoms with Crippen molar-refractivity contribution in [1.82, 2.24) is 0 Å². The van der Waals surface area contributed by atoms with Crippen LogP contribution in [-0.4, -0.2) is 16.4 Å². The topological polar surface area (TPSA) is 12.4 Å². The molecule has 0 aromatic carbocycles. The molecule has 22 valence electrons. The van der Waals surface area contributed by atoms with Gasteiger partial charge in [0.1, 0.15) is 0 Å². The molecule has 0 saturated heterocycles. The fraction of sp³-hybridized carbons (Fsp3) is 0.500. The molecular formula is C2H5NSi. The molecule has 0 heterocycles. The zero-order chi connectivity index (χ0) is 3.41. The highest BCUT2D eigenvalue weighted by Gasteiger charge is 1.51. The Balaban J connectivity index is 2.30. The Bertz CT molecular complexity index is 20.0. The quantitative estimate of drug-likeness (QED) is 0.312. The lowest BCUT2D eigenvalue weighted by Crippen LogP contribution is -1.62. The molecule has 1 nitrogen and oxygen atoms in total. The van der Waals surface area contributed by atoms with Gasteiger partial charge in [-0.05, 0) is 6.72 Å². The lowest BCUT2D eigenvalue weighted by Gasteiger charge is -1.56. The maximum absolute atomic E-state index is 3.51. The summed E-state index contributed by atoms with van der Waals surface area (Å²) in [5.74, 6) is 0. The van der Waals surface area contributed by atoms with Crippen LogP contribution in [0.4, 0.5) is 0 Å². The van der Waals surface area contributed by atoms with E-state index in [1.165, 1.54) is 0 Å². The maximum atomic E-state index is 3.51. The van der Waals surface area contributed by atoms with Gasteiger partial charge in [0.2, 0.25) is 9.68 Å². The van der Waals surface area contributed by atoms with Crippen LogP contribution in [0.5, 0.6) is 0 Å². The Hall–Kier alpha value is -0.113. The van der Waals surface area contributed by atoms with Gasteiger partial charge in [0, 0.05) is 0 Å². The minimum Gasteiger partial charge on any atom is -0.339 e. The smallest absolute Gasteiger partial charge is 0.205 e. The average Bonchev–Trinajstić information content (AvgIpc) is 1.37. The van der Waals surface area contributed by atoms with Gasteiger partial charge in [0.15, 0.2) is 0 Å². The van der Waals surface area contributed by atoms with E-state index < -0.39 is 0 Å². The van der Waals surface area contributed by atoms with Crippen LogP contribution in [0.2, 0.25) is 6.55 Å². The summed E-state index contributed by atoms with van der Waals surface area (Å²) in [4.78, 5) is 0. The van der Waals surface area contributed by atoms with E-state index in [1.54, 1.807) is 0 Å². The molecule has 4 heavy (non-hydrogen) atoms. The third-order valence-electron chi connectivity index (χ3n) is 0.158. The van der Waals surface area contributed by atoms with Crippen molar-refractivity contribution in [3.05, 3.63) is 0 Å². The first-order chi connectivity index (χ1) is 1.91. The van der Waals surface area contributed by atoms with Crippen molar-refractivity contribution in [3.63, 3.8) is 0 Å². The standard InChI is InChI=1S/C2H5NSi/c1-3-4-2/h1H2,2H3. The van der Waals surface area contributed by atoms with E-state index in [9.17, 15) is 0 Å². The Morgan fingerprint density at radius 3 is 2.25 bits per heavy atom. The minimum absolute atomic E-state index is 0.654. The van der Waals surface area contributed by atoms with Gasteiger partial charge in [-0.1, -0.05) is 6.55 Å². The van der Waals surface area contributed by atoms with Gasteiger partial charge in [0.05, 0.1) is 0 Å². The highest BCUT2D eigenvalue weighted by Crippen LogP contribution is 1.45. The molecule has 0 fully saturated rings. The van der Waals surface area contributed by atoms with E-state index in [1.807, 2.05) is 6.55 Å². The summed E-state index contributed by atoms with van der Waals surface area (Å²) < 4.78 is 3.51. The molecule has 0 aromatic heterocycles. The average molecular weight is 71.2 g/mol. The summed E-state index contributed by atoms with van der Waals surface area (Å²) in [7, 11) is 0.654. The first-order valence-electron chi connectivity index (χ1n) is 1.04. The van der Waals surface area contributed by atoms with Crippen molar-refractivity contribution < 1.29 is 0 Å². The molecule has 0 unspecified atom stereocenters. The normalized spacial score (nSPS) is 6.25. The molecule has 0 bridgehead atoms. The first-order valence-corrected chi connectivity index (χ1v) is 2.49. The van der Waals surface area contributed by atoms with Crippen LogP contribution in [0.25, 0.3) is 0 Å². The summed E-state index contributed by atoms with van der Waals surface area (Å²) in [6.07, 6.45) is 0. The van der Waals surface area contributed by atoms with Gasteiger partial charge in [-0.3, -0.25) is 0 Å². The van der Waals surface area contributed by atoms with Crippen molar-refractivity contribution in [2.45, 2.75) is 6.55 Å². The van der Waals surface area contributed by atoms with Crippen molar-refractivity contribution in [3.8, 4) is 0 Å². The lowest BCUT2D eigenvalue weighted by molar-refractivity contribution is 1.89. The van der Waals surface area contributed by atoms with Crippen LogP contribution in [0.15, 0.2) is 4.66 Å². The molecule has 0 aliphatic carbocycles. The first kappa shape index (κ1) is 3.89. The van der Waals surface area contributed by atoms with Gasteiger partial charge >= 0.3 is 0 Å². The Labute approximate surface area is 28.7 Å². The van der Waals surface area contributed by atoms with Crippen molar-refractivity contribution in [2.75, 3.05) is 0 Å². The van der Waals surface area contributed by atoms with Gasteiger partial charge in [0.25, 0.3) is 0 Å². The number of nitrogens with zero attached hydrogens (tertiary/aromatic N) is 1. The molecule has 0 aliphatic heterocycles. The van der Waals surface area contributed by atoms with E-state index in [0.29, 0.717) is 9.68 Å². The molecule has 0 amide bonds. The van der Waals surface area contributed by atoms with Crippen molar-refractivity contribution in [2.24, 2.45) is 4.66 Å². The zero-order valence-electron chi connectivity index (χ0n) is 2.65. The summed E-state index contributed by atoms with van der Waals surface area (Å²) in [6, 6.07) is 0. The van der Waals surface area contributed by atoms with Crippen LogP contribution >= 0.6 is 0 Å². The number of hydrogen-bond donors (Lipinski definition) is 0. The van der Waals surface area contributed by atoms with Crippen LogP contribution in [-0.2, 0) is 0 Å². The number of hydrogen-bond acceptors (Lipinski definition) is 1. The predicted molar refractivity (Wildman–Crippen MR) is 21.2 cm³/mol. The van der Waals surface area contributed by atoms with E-state index in [4.69, 9.17) is 0 Å². The number of rotatable bonds is 1. The van der Waals surface area contributed by atoms with E-state index >= 15 is 0 Å². The fourth-order valence-electron chi connectivity index (χ4n) is 0. The van der Waals surface area contributed by atoms with Crippen LogP contribution in [0.3, 0.4) is 0 Å². The molecule has 0 aliphatic rings. The Morgan fingerprint density at radius 2 is 2.25 bits per heavy atom. The Kier molecular flexibility index (Phi) is 2.81. The Morgan fingerprint density at radius 1 is 2.00 bits per heavy atom. The monoisotopic (exact) mass is 71.0 g/mol. The molecule has 0 atom stereocenters. The van der Waals surface area contributed by atoms with Crippen LogP contribution in [0.1, 0.15) is 0 Å².